The second-order valence-electron chi connectivity index (χ2n) is 6.08. The number of carbonyl (C=O) groups excluding carboxylic acids is 1. The summed E-state index contributed by atoms with van der Waals surface area (Å²) in [5.74, 6) is 0.889. The third-order valence-electron chi connectivity index (χ3n) is 4.56. The second-order valence-corrected chi connectivity index (χ2v) is 6.95. The van der Waals surface area contributed by atoms with Crippen molar-refractivity contribution >= 4 is 22.4 Å². The minimum absolute atomic E-state index is 0.0681. The zero-order valence-corrected chi connectivity index (χ0v) is 15.5. The first-order valence-electron chi connectivity index (χ1n) is 8.46. The fourth-order valence-electron chi connectivity index (χ4n) is 2.92. The predicted molar refractivity (Wildman–Crippen MR) is 100 cm³/mol. The molecule has 0 saturated carbocycles. The number of ether oxygens (including phenoxy) is 1. The maximum Gasteiger partial charge on any atom is 0.237 e. The van der Waals surface area contributed by atoms with Crippen LogP contribution in [0.15, 0.2) is 35.8 Å². The summed E-state index contributed by atoms with van der Waals surface area (Å²) >= 11 is 1.66. The summed E-state index contributed by atoms with van der Waals surface area (Å²) in [7, 11) is 1.65. The number of methoxy groups -OCH3 is 1. The lowest BCUT2D eigenvalue weighted by Crippen LogP contribution is -2.53. The molecule has 1 aliphatic heterocycles. The average molecular weight is 360 g/mol. The van der Waals surface area contributed by atoms with Crippen molar-refractivity contribution in [1.29, 1.82) is 0 Å². The van der Waals surface area contributed by atoms with Crippen molar-refractivity contribution in [2.24, 2.45) is 0 Å². The SMILES string of the molecule is COc1ccc(CNC(=O)[C@@H](C)N2CCN(c3nccs3)CC2)cc1. The molecule has 3 rings (SSSR count). The molecule has 2 aromatic rings. The highest BCUT2D eigenvalue weighted by molar-refractivity contribution is 7.13. The van der Waals surface area contributed by atoms with E-state index < -0.39 is 0 Å². The lowest BCUT2D eigenvalue weighted by Gasteiger charge is -2.37. The Balaban J connectivity index is 1.46. The van der Waals surface area contributed by atoms with Crippen LogP contribution in [0.3, 0.4) is 0 Å². The van der Waals surface area contributed by atoms with Crippen LogP contribution >= 0.6 is 11.3 Å². The summed E-state index contributed by atoms with van der Waals surface area (Å²) in [6.45, 7) is 6.06. The summed E-state index contributed by atoms with van der Waals surface area (Å²) < 4.78 is 5.15. The van der Waals surface area contributed by atoms with Gasteiger partial charge in [-0.3, -0.25) is 9.69 Å². The molecule has 25 heavy (non-hydrogen) atoms. The number of aromatic nitrogens is 1. The summed E-state index contributed by atoms with van der Waals surface area (Å²) in [6, 6.07) is 7.62. The third-order valence-corrected chi connectivity index (χ3v) is 5.39. The van der Waals surface area contributed by atoms with Crippen LogP contribution in [0.2, 0.25) is 0 Å². The molecule has 7 heteroatoms. The van der Waals surface area contributed by atoms with Gasteiger partial charge in [-0.1, -0.05) is 12.1 Å². The zero-order chi connectivity index (χ0) is 17.6. The molecule has 0 spiro atoms. The molecule has 0 unspecified atom stereocenters. The van der Waals surface area contributed by atoms with Gasteiger partial charge >= 0.3 is 0 Å². The Bertz CT molecular complexity index is 667. The van der Waals surface area contributed by atoms with E-state index >= 15 is 0 Å². The summed E-state index contributed by atoms with van der Waals surface area (Å²) in [4.78, 5) is 21.3. The highest BCUT2D eigenvalue weighted by Crippen LogP contribution is 2.19. The molecule has 1 aromatic carbocycles. The molecule has 1 amide bonds. The van der Waals surface area contributed by atoms with Crippen molar-refractivity contribution in [3.63, 3.8) is 0 Å². The van der Waals surface area contributed by atoms with E-state index in [1.54, 1.807) is 18.4 Å². The van der Waals surface area contributed by atoms with Crippen molar-refractivity contribution in [3.05, 3.63) is 41.4 Å². The number of rotatable bonds is 6. The maximum atomic E-state index is 12.4. The zero-order valence-electron chi connectivity index (χ0n) is 14.6. The van der Waals surface area contributed by atoms with Gasteiger partial charge in [0, 0.05) is 44.3 Å². The first kappa shape index (κ1) is 17.7. The van der Waals surface area contributed by atoms with Crippen LogP contribution in [-0.2, 0) is 11.3 Å². The molecule has 1 N–H and O–H groups in total. The van der Waals surface area contributed by atoms with Crippen LogP contribution in [0.25, 0.3) is 0 Å². The number of benzene rings is 1. The Hall–Kier alpha value is -2.12. The summed E-state index contributed by atoms with van der Waals surface area (Å²) in [5, 5.41) is 6.09. The average Bonchev–Trinajstić information content (AvgIpc) is 3.21. The van der Waals surface area contributed by atoms with E-state index in [0.29, 0.717) is 6.54 Å². The van der Waals surface area contributed by atoms with Crippen molar-refractivity contribution in [3.8, 4) is 5.75 Å². The molecule has 1 fully saturated rings. The number of piperazine rings is 1. The number of thiazole rings is 1. The summed E-state index contributed by atoms with van der Waals surface area (Å²) in [5.41, 5.74) is 1.06. The van der Waals surface area contributed by atoms with E-state index in [0.717, 1.165) is 42.6 Å². The van der Waals surface area contributed by atoms with Crippen molar-refractivity contribution in [2.75, 3.05) is 38.2 Å². The Labute approximate surface area is 152 Å². The molecule has 0 radical (unpaired) electrons. The molecule has 0 bridgehead atoms. The first-order valence-corrected chi connectivity index (χ1v) is 9.34. The lowest BCUT2D eigenvalue weighted by atomic mass is 10.2. The third kappa shape index (κ3) is 4.49. The molecule has 6 nitrogen and oxygen atoms in total. The molecule has 0 aliphatic carbocycles. The Morgan fingerprint density at radius 1 is 1.28 bits per heavy atom. The number of amides is 1. The number of nitrogens with one attached hydrogen (secondary N) is 1. The molecule has 134 valence electrons. The topological polar surface area (TPSA) is 57.7 Å². The smallest absolute Gasteiger partial charge is 0.237 e. The molecular weight excluding hydrogens is 336 g/mol. The van der Waals surface area contributed by atoms with Crippen LogP contribution < -0.4 is 15.0 Å². The number of hydrogen-bond acceptors (Lipinski definition) is 6. The molecule has 1 aliphatic rings. The molecule has 1 aromatic heterocycles. The quantitative estimate of drug-likeness (QED) is 0.854. The number of hydrogen-bond donors (Lipinski definition) is 1. The first-order chi connectivity index (χ1) is 12.2. The number of carbonyl (C=O) groups is 1. The Morgan fingerprint density at radius 3 is 2.60 bits per heavy atom. The van der Waals surface area contributed by atoms with E-state index in [4.69, 9.17) is 4.74 Å². The van der Waals surface area contributed by atoms with Gasteiger partial charge in [-0.05, 0) is 24.6 Å². The standard InChI is InChI=1S/C18H24N4O2S/c1-14(17(23)20-13-15-3-5-16(24-2)6-4-15)21-8-10-22(11-9-21)18-19-7-12-25-18/h3-7,12,14H,8-11,13H2,1-2H3,(H,20,23)/t14-/m1/s1. The highest BCUT2D eigenvalue weighted by Gasteiger charge is 2.26. The fourth-order valence-corrected chi connectivity index (χ4v) is 3.62. The van der Waals surface area contributed by atoms with Crippen molar-refractivity contribution in [1.82, 2.24) is 15.2 Å². The van der Waals surface area contributed by atoms with Crippen LogP contribution in [0.5, 0.6) is 5.75 Å². The van der Waals surface area contributed by atoms with Gasteiger partial charge in [0.25, 0.3) is 0 Å². The molecule has 1 saturated heterocycles. The van der Waals surface area contributed by atoms with Gasteiger partial charge in [0.2, 0.25) is 5.91 Å². The van der Waals surface area contributed by atoms with E-state index in [9.17, 15) is 4.79 Å². The summed E-state index contributed by atoms with van der Waals surface area (Å²) in [6.07, 6.45) is 1.83. The van der Waals surface area contributed by atoms with Crippen LogP contribution in [-0.4, -0.2) is 55.1 Å². The highest BCUT2D eigenvalue weighted by atomic mass is 32.1. The molecule has 1 atom stereocenters. The largest absolute Gasteiger partial charge is 0.497 e. The minimum atomic E-state index is -0.128. The van der Waals surface area contributed by atoms with E-state index in [1.807, 2.05) is 42.8 Å². The van der Waals surface area contributed by atoms with E-state index in [2.05, 4.69) is 20.1 Å². The normalized spacial score (nSPS) is 16.5. The lowest BCUT2D eigenvalue weighted by molar-refractivity contribution is -0.126. The maximum absolute atomic E-state index is 12.4. The van der Waals surface area contributed by atoms with Gasteiger partial charge in [-0.15, -0.1) is 11.3 Å². The van der Waals surface area contributed by atoms with Crippen LogP contribution in [0.4, 0.5) is 5.13 Å². The van der Waals surface area contributed by atoms with E-state index in [1.165, 1.54) is 0 Å². The predicted octanol–water partition coefficient (Wildman–Crippen LogP) is 1.98. The van der Waals surface area contributed by atoms with Gasteiger partial charge in [-0.2, -0.15) is 0 Å². The van der Waals surface area contributed by atoms with Gasteiger partial charge in [0.15, 0.2) is 5.13 Å². The Morgan fingerprint density at radius 2 is 2.00 bits per heavy atom. The van der Waals surface area contributed by atoms with Crippen molar-refractivity contribution < 1.29 is 9.53 Å². The van der Waals surface area contributed by atoms with Gasteiger partial charge < -0.3 is 15.0 Å². The molecular formula is C18H24N4O2S. The number of anilines is 1. The van der Waals surface area contributed by atoms with Gasteiger partial charge in [0.1, 0.15) is 5.75 Å². The van der Waals surface area contributed by atoms with Crippen LogP contribution in [0.1, 0.15) is 12.5 Å². The van der Waals surface area contributed by atoms with Gasteiger partial charge in [0.05, 0.1) is 13.2 Å². The minimum Gasteiger partial charge on any atom is -0.497 e. The number of nitrogens with zero attached hydrogens (tertiary/aromatic N) is 3. The fraction of sp³-hybridized carbons (Fsp3) is 0.444. The van der Waals surface area contributed by atoms with Crippen molar-refractivity contribution in [2.45, 2.75) is 19.5 Å². The van der Waals surface area contributed by atoms with E-state index in [-0.39, 0.29) is 11.9 Å². The monoisotopic (exact) mass is 360 g/mol. The molecule has 2 heterocycles. The van der Waals surface area contributed by atoms with Crippen LogP contribution in [0, 0.1) is 0 Å². The van der Waals surface area contributed by atoms with Gasteiger partial charge in [-0.25, -0.2) is 4.98 Å². The Kier molecular flexibility index (Phi) is 5.88. The second kappa shape index (κ2) is 8.31.